The fraction of sp³-hybridized carbons (Fsp3) is 0.583. The van der Waals surface area contributed by atoms with Gasteiger partial charge in [-0.25, -0.2) is 4.98 Å². The van der Waals surface area contributed by atoms with Gasteiger partial charge < -0.3 is 10.2 Å². The van der Waals surface area contributed by atoms with Gasteiger partial charge >= 0.3 is 0 Å². The molecule has 17 heavy (non-hydrogen) atoms. The van der Waals surface area contributed by atoms with E-state index in [0.29, 0.717) is 11.5 Å². The van der Waals surface area contributed by atoms with Gasteiger partial charge in [-0.15, -0.1) is 0 Å². The molecule has 5 heteroatoms. The summed E-state index contributed by atoms with van der Waals surface area (Å²) in [5.74, 6) is 0.563. The molecule has 0 radical (unpaired) electrons. The third-order valence-corrected chi connectivity index (χ3v) is 2.41. The number of nitrogens with zero attached hydrogens (tertiary/aromatic N) is 3. The van der Waals surface area contributed by atoms with Crippen LogP contribution in [0, 0.1) is 0 Å². The van der Waals surface area contributed by atoms with Crippen LogP contribution in [0.3, 0.4) is 0 Å². The lowest BCUT2D eigenvalue weighted by atomic mass is 10.3. The van der Waals surface area contributed by atoms with Gasteiger partial charge in [-0.2, -0.15) is 0 Å². The van der Waals surface area contributed by atoms with Crippen LogP contribution >= 0.6 is 0 Å². The topological polar surface area (TPSA) is 58.1 Å². The molecule has 0 bridgehead atoms. The van der Waals surface area contributed by atoms with Crippen LogP contribution in [0.15, 0.2) is 12.4 Å². The molecule has 0 saturated heterocycles. The minimum atomic E-state index is -0.0781. The van der Waals surface area contributed by atoms with Crippen molar-refractivity contribution in [2.75, 3.05) is 25.5 Å². The van der Waals surface area contributed by atoms with Crippen LogP contribution in [0.4, 0.5) is 5.82 Å². The Morgan fingerprint density at radius 3 is 2.82 bits per heavy atom. The number of hydrogen-bond donors (Lipinski definition) is 1. The number of unbranched alkanes of at least 4 members (excludes halogenated alkanes) is 1. The fourth-order valence-corrected chi connectivity index (χ4v) is 1.43. The largest absolute Gasteiger partial charge is 0.369 e. The summed E-state index contributed by atoms with van der Waals surface area (Å²) in [4.78, 5) is 21.9. The Balaban J connectivity index is 2.70. The third-order valence-electron chi connectivity index (χ3n) is 2.41. The van der Waals surface area contributed by atoms with Gasteiger partial charge in [0.2, 0.25) is 0 Å². The normalized spacial score (nSPS) is 10.1. The van der Waals surface area contributed by atoms with Crippen LogP contribution in [-0.2, 0) is 0 Å². The Bertz CT molecular complexity index is 367. The van der Waals surface area contributed by atoms with Crippen LogP contribution in [0.5, 0.6) is 0 Å². The maximum absolute atomic E-state index is 12.0. The van der Waals surface area contributed by atoms with E-state index >= 15 is 0 Å². The first-order valence-corrected chi connectivity index (χ1v) is 6.00. The van der Waals surface area contributed by atoms with Gasteiger partial charge in [-0.3, -0.25) is 9.78 Å². The van der Waals surface area contributed by atoms with Crippen LogP contribution in [0.1, 0.15) is 37.2 Å². The highest BCUT2D eigenvalue weighted by molar-refractivity contribution is 5.92. The summed E-state index contributed by atoms with van der Waals surface area (Å²) in [7, 11) is 1.79. The van der Waals surface area contributed by atoms with Crippen molar-refractivity contribution in [1.29, 1.82) is 0 Å². The molecular weight excluding hydrogens is 216 g/mol. The van der Waals surface area contributed by atoms with Gasteiger partial charge in [0.05, 0.1) is 12.4 Å². The van der Waals surface area contributed by atoms with Crippen molar-refractivity contribution >= 4 is 11.7 Å². The molecule has 0 fully saturated rings. The zero-order valence-corrected chi connectivity index (χ0v) is 10.7. The van der Waals surface area contributed by atoms with E-state index in [4.69, 9.17) is 0 Å². The molecule has 1 amide bonds. The number of carbonyl (C=O) groups is 1. The van der Waals surface area contributed by atoms with E-state index in [0.717, 1.165) is 25.9 Å². The van der Waals surface area contributed by atoms with Gasteiger partial charge in [-0.05, 0) is 13.3 Å². The first kappa shape index (κ1) is 13.4. The molecule has 0 aliphatic carbocycles. The van der Waals surface area contributed by atoms with Gasteiger partial charge in [0.25, 0.3) is 5.91 Å². The van der Waals surface area contributed by atoms with E-state index in [9.17, 15) is 4.79 Å². The highest BCUT2D eigenvalue weighted by Gasteiger charge is 2.13. The van der Waals surface area contributed by atoms with Crippen molar-refractivity contribution in [1.82, 2.24) is 14.9 Å². The zero-order valence-electron chi connectivity index (χ0n) is 10.7. The molecule has 1 aromatic rings. The summed E-state index contributed by atoms with van der Waals surface area (Å²) in [6, 6.07) is 0. The van der Waals surface area contributed by atoms with Crippen molar-refractivity contribution in [3.63, 3.8) is 0 Å². The molecule has 1 aromatic heterocycles. The number of hydrogen-bond acceptors (Lipinski definition) is 4. The summed E-state index contributed by atoms with van der Waals surface area (Å²) in [6.07, 6.45) is 5.20. The van der Waals surface area contributed by atoms with E-state index in [2.05, 4.69) is 22.2 Å². The fourth-order valence-electron chi connectivity index (χ4n) is 1.43. The number of amides is 1. The van der Waals surface area contributed by atoms with Crippen LogP contribution < -0.4 is 5.32 Å². The average molecular weight is 236 g/mol. The van der Waals surface area contributed by atoms with Crippen molar-refractivity contribution < 1.29 is 4.79 Å². The minimum absolute atomic E-state index is 0.0781. The molecule has 1 heterocycles. The summed E-state index contributed by atoms with van der Waals surface area (Å²) in [6.45, 7) is 5.59. The third kappa shape index (κ3) is 4.01. The van der Waals surface area contributed by atoms with Crippen molar-refractivity contribution in [3.8, 4) is 0 Å². The second-order valence-electron chi connectivity index (χ2n) is 3.90. The molecule has 0 unspecified atom stereocenters. The smallest absolute Gasteiger partial charge is 0.273 e. The first-order valence-electron chi connectivity index (χ1n) is 6.00. The molecule has 0 aliphatic heterocycles. The number of nitrogens with one attached hydrogen (secondary N) is 1. The minimum Gasteiger partial charge on any atom is -0.369 e. The summed E-state index contributed by atoms with van der Waals surface area (Å²) < 4.78 is 0. The van der Waals surface area contributed by atoms with Crippen molar-refractivity contribution in [3.05, 3.63) is 18.1 Å². The lowest BCUT2D eigenvalue weighted by Gasteiger charge is -2.16. The Kier molecular flexibility index (Phi) is 5.39. The number of anilines is 1. The summed E-state index contributed by atoms with van der Waals surface area (Å²) in [5.41, 5.74) is 0.391. The number of rotatable bonds is 6. The van der Waals surface area contributed by atoms with E-state index in [1.807, 2.05) is 6.92 Å². The van der Waals surface area contributed by atoms with E-state index < -0.39 is 0 Å². The molecule has 0 aliphatic rings. The summed E-state index contributed by atoms with van der Waals surface area (Å²) >= 11 is 0. The maximum Gasteiger partial charge on any atom is 0.273 e. The molecular formula is C12H20N4O. The Labute approximate surface area is 102 Å². The molecule has 1 N–H and O–H groups in total. The van der Waals surface area contributed by atoms with E-state index in [1.165, 1.54) is 6.20 Å². The maximum atomic E-state index is 12.0. The predicted octanol–water partition coefficient (Wildman–Crippen LogP) is 1.78. The molecule has 94 valence electrons. The van der Waals surface area contributed by atoms with Crippen LogP contribution in [0.2, 0.25) is 0 Å². The monoisotopic (exact) mass is 236 g/mol. The lowest BCUT2D eigenvalue weighted by Crippen LogP contribution is -2.28. The first-order chi connectivity index (χ1) is 8.19. The lowest BCUT2D eigenvalue weighted by molar-refractivity contribution is 0.0787. The zero-order chi connectivity index (χ0) is 12.7. The number of carbonyl (C=O) groups excluding carboxylic acids is 1. The standard InChI is InChI=1S/C12H20N4O/c1-4-6-7-16(3)12(17)10-8-13-9-11(15-10)14-5-2/h8-9H,4-7H2,1-3H3,(H,14,15). The highest BCUT2D eigenvalue weighted by Crippen LogP contribution is 2.05. The number of aromatic nitrogens is 2. The molecule has 0 aromatic carbocycles. The van der Waals surface area contributed by atoms with Gasteiger partial charge in [0.1, 0.15) is 11.5 Å². The van der Waals surface area contributed by atoms with Gasteiger partial charge in [-0.1, -0.05) is 13.3 Å². The van der Waals surface area contributed by atoms with Crippen LogP contribution in [0.25, 0.3) is 0 Å². The van der Waals surface area contributed by atoms with Gasteiger partial charge in [0.15, 0.2) is 0 Å². The van der Waals surface area contributed by atoms with Crippen molar-refractivity contribution in [2.24, 2.45) is 0 Å². The van der Waals surface area contributed by atoms with E-state index in [1.54, 1.807) is 18.1 Å². The Hall–Kier alpha value is -1.65. The molecule has 0 atom stereocenters. The second-order valence-corrected chi connectivity index (χ2v) is 3.90. The predicted molar refractivity (Wildman–Crippen MR) is 68.1 cm³/mol. The summed E-state index contributed by atoms with van der Waals surface area (Å²) in [5, 5.41) is 3.04. The Morgan fingerprint density at radius 2 is 2.18 bits per heavy atom. The molecule has 0 saturated carbocycles. The molecule has 0 spiro atoms. The van der Waals surface area contributed by atoms with Crippen molar-refractivity contribution in [2.45, 2.75) is 26.7 Å². The van der Waals surface area contributed by atoms with Crippen LogP contribution in [-0.4, -0.2) is 40.9 Å². The average Bonchev–Trinajstić information content (AvgIpc) is 2.35. The van der Waals surface area contributed by atoms with E-state index in [-0.39, 0.29) is 5.91 Å². The second kappa shape index (κ2) is 6.83. The van der Waals surface area contributed by atoms with Gasteiger partial charge in [0, 0.05) is 20.1 Å². The molecule has 5 nitrogen and oxygen atoms in total. The SMILES string of the molecule is CCCCN(C)C(=O)c1cncc(NCC)n1. The quantitative estimate of drug-likeness (QED) is 0.818. The highest BCUT2D eigenvalue weighted by atomic mass is 16.2. The molecule has 1 rings (SSSR count). The Morgan fingerprint density at radius 1 is 1.41 bits per heavy atom.